The number of hydrogen-bond donors (Lipinski definition) is 1. The van der Waals surface area contributed by atoms with Crippen LogP contribution in [-0.4, -0.2) is 30.9 Å². The van der Waals surface area contributed by atoms with Crippen LogP contribution in [0.5, 0.6) is 0 Å². The number of para-hydroxylation sites is 1. The summed E-state index contributed by atoms with van der Waals surface area (Å²) in [7, 11) is 1.62. The molecule has 24 heavy (non-hydrogen) atoms. The van der Waals surface area contributed by atoms with E-state index in [1.54, 1.807) is 31.3 Å². The first kappa shape index (κ1) is 17.2. The van der Waals surface area contributed by atoms with E-state index in [0.717, 1.165) is 0 Å². The predicted molar refractivity (Wildman–Crippen MR) is 89.7 cm³/mol. The molecular weight excluding hydrogens is 308 g/mol. The van der Waals surface area contributed by atoms with E-state index in [1.165, 1.54) is 24.0 Å². The first-order chi connectivity index (χ1) is 11.4. The molecule has 0 unspecified atom stereocenters. The fourth-order valence-electron chi connectivity index (χ4n) is 2.08. The summed E-state index contributed by atoms with van der Waals surface area (Å²) in [4.78, 5) is 37.4. The Kier molecular flexibility index (Phi) is 5.31. The van der Waals surface area contributed by atoms with Crippen molar-refractivity contribution >= 4 is 23.5 Å². The molecule has 2 N–H and O–H groups in total. The van der Waals surface area contributed by atoms with Crippen molar-refractivity contribution in [3.63, 3.8) is 0 Å². The molecule has 6 nitrogen and oxygen atoms in total. The fraction of sp³-hybridized carbons (Fsp3) is 0.167. The molecule has 2 amide bonds. The van der Waals surface area contributed by atoms with Gasteiger partial charge < -0.3 is 15.4 Å². The maximum Gasteiger partial charge on any atom is 0.339 e. The van der Waals surface area contributed by atoms with Crippen LogP contribution in [0.4, 0.5) is 5.69 Å². The van der Waals surface area contributed by atoms with Crippen molar-refractivity contribution in [2.45, 2.75) is 13.0 Å². The molecule has 0 saturated heterocycles. The lowest BCUT2D eigenvalue weighted by Gasteiger charge is -2.19. The van der Waals surface area contributed by atoms with Crippen molar-refractivity contribution < 1.29 is 19.1 Å². The molecule has 124 valence electrons. The topological polar surface area (TPSA) is 89.7 Å². The second-order valence-corrected chi connectivity index (χ2v) is 5.20. The van der Waals surface area contributed by atoms with Crippen LogP contribution in [0, 0.1) is 0 Å². The van der Waals surface area contributed by atoms with Crippen LogP contribution in [-0.2, 0) is 9.53 Å². The summed E-state index contributed by atoms with van der Waals surface area (Å²) < 4.78 is 4.99. The zero-order chi connectivity index (χ0) is 17.7. The lowest BCUT2D eigenvalue weighted by molar-refractivity contribution is -0.125. The van der Waals surface area contributed by atoms with Gasteiger partial charge >= 0.3 is 5.97 Å². The van der Waals surface area contributed by atoms with Gasteiger partial charge in [0.25, 0.3) is 11.8 Å². The van der Waals surface area contributed by atoms with Crippen molar-refractivity contribution in [2.75, 3.05) is 11.9 Å². The van der Waals surface area contributed by atoms with Crippen LogP contribution >= 0.6 is 0 Å². The maximum absolute atomic E-state index is 12.7. The Bertz CT molecular complexity index is 759. The number of ether oxygens (including phenoxy) is 1. The van der Waals surface area contributed by atoms with E-state index in [2.05, 4.69) is 0 Å². The monoisotopic (exact) mass is 326 g/mol. The lowest BCUT2D eigenvalue weighted by atomic mass is 10.1. The third-order valence-electron chi connectivity index (χ3n) is 3.51. The lowest BCUT2D eigenvalue weighted by Crippen LogP contribution is -2.32. The van der Waals surface area contributed by atoms with Gasteiger partial charge in [0.05, 0.1) is 11.1 Å². The molecule has 0 aromatic heterocycles. The van der Waals surface area contributed by atoms with E-state index in [4.69, 9.17) is 10.5 Å². The molecule has 0 aliphatic carbocycles. The average Bonchev–Trinajstić information content (AvgIpc) is 2.61. The number of amides is 2. The third-order valence-corrected chi connectivity index (χ3v) is 3.51. The first-order valence-corrected chi connectivity index (χ1v) is 7.34. The van der Waals surface area contributed by atoms with E-state index < -0.39 is 18.0 Å². The van der Waals surface area contributed by atoms with Gasteiger partial charge in [-0.3, -0.25) is 9.59 Å². The normalized spacial score (nSPS) is 11.4. The van der Waals surface area contributed by atoms with Crippen molar-refractivity contribution in [2.24, 2.45) is 5.73 Å². The summed E-state index contributed by atoms with van der Waals surface area (Å²) in [5, 5.41) is 0. The minimum atomic E-state index is -1.08. The number of nitrogens with two attached hydrogens (primary N) is 1. The van der Waals surface area contributed by atoms with Crippen molar-refractivity contribution in [1.82, 2.24) is 0 Å². The SMILES string of the molecule is C[C@@H](OC(=O)c1ccccc1C(=O)N(C)c1ccccc1)C(N)=O. The summed E-state index contributed by atoms with van der Waals surface area (Å²) in [5.74, 6) is -1.89. The Morgan fingerprint density at radius 2 is 1.50 bits per heavy atom. The molecule has 0 saturated carbocycles. The average molecular weight is 326 g/mol. The van der Waals surface area contributed by atoms with E-state index in [9.17, 15) is 14.4 Å². The molecule has 0 radical (unpaired) electrons. The van der Waals surface area contributed by atoms with Crippen molar-refractivity contribution in [1.29, 1.82) is 0 Å². The molecule has 2 aromatic rings. The number of carbonyl (C=O) groups excluding carboxylic acids is 3. The molecule has 0 fully saturated rings. The van der Waals surface area contributed by atoms with Gasteiger partial charge in [-0.1, -0.05) is 30.3 Å². The molecule has 1 atom stereocenters. The Morgan fingerprint density at radius 3 is 2.08 bits per heavy atom. The predicted octanol–water partition coefficient (Wildman–Crippen LogP) is 1.99. The number of primary amides is 1. The largest absolute Gasteiger partial charge is 0.449 e. The van der Waals surface area contributed by atoms with Gasteiger partial charge in [-0.25, -0.2) is 4.79 Å². The van der Waals surface area contributed by atoms with Crippen LogP contribution in [0.15, 0.2) is 54.6 Å². The van der Waals surface area contributed by atoms with E-state index in [-0.39, 0.29) is 17.0 Å². The van der Waals surface area contributed by atoms with Crippen LogP contribution in [0.1, 0.15) is 27.6 Å². The quantitative estimate of drug-likeness (QED) is 0.851. The highest BCUT2D eigenvalue weighted by molar-refractivity contribution is 6.12. The molecule has 0 spiro atoms. The summed E-state index contributed by atoms with van der Waals surface area (Å²) in [6, 6.07) is 15.3. The van der Waals surface area contributed by atoms with Gasteiger partial charge in [0.1, 0.15) is 0 Å². The highest BCUT2D eigenvalue weighted by Crippen LogP contribution is 2.18. The Labute approximate surface area is 139 Å². The summed E-state index contributed by atoms with van der Waals surface area (Å²) >= 11 is 0. The van der Waals surface area contributed by atoms with Crippen molar-refractivity contribution in [3.05, 3.63) is 65.7 Å². The van der Waals surface area contributed by atoms with Gasteiger partial charge in [-0.05, 0) is 31.2 Å². The summed E-state index contributed by atoms with van der Waals surface area (Å²) in [6.07, 6.45) is -1.08. The molecule has 2 rings (SSSR count). The van der Waals surface area contributed by atoms with Gasteiger partial charge in [0, 0.05) is 12.7 Å². The molecular formula is C18H18N2O4. The Morgan fingerprint density at radius 1 is 0.958 bits per heavy atom. The second-order valence-electron chi connectivity index (χ2n) is 5.20. The molecule has 0 aliphatic heterocycles. The molecule has 2 aromatic carbocycles. The number of esters is 1. The minimum Gasteiger partial charge on any atom is -0.449 e. The number of nitrogens with zero attached hydrogens (tertiary/aromatic N) is 1. The summed E-state index contributed by atoms with van der Waals surface area (Å²) in [5.41, 5.74) is 6.05. The van der Waals surface area contributed by atoms with Crippen molar-refractivity contribution in [3.8, 4) is 0 Å². The molecule has 0 bridgehead atoms. The standard InChI is InChI=1S/C18H18N2O4/c1-12(16(19)21)24-18(23)15-11-7-6-10-14(15)17(22)20(2)13-8-4-3-5-9-13/h3-12H,1-2H3,(H2,19,21)/t12-/m1/s1. The minimum absolute atomic E-state index is 0.0818. The zero-order valence-corrected chi connectivity index (χ0v) is 13.4. The molecule has 0 heterocycles. The van der Waals surface area contributed by atoms with Crippen LogP contribution < -0.4 is 10.6 Å². The number of benzene rings is 2. The first-order valence-electron chi connectivity index (χ1n) is 7.34. The van der Waals surface area contributed by atoms with E-state index in [0.29, 0.717) is 5.69 Å². The van der Waals surface area contributed by atoms with Crippen LogP contribution in [0.3, 0.4) is 0 Å². The third kappa shape index (κ3) is 3.78. The van der Waals surface area contributed by atoms with Gasteiger partial charge in [-0.15, -0.1) is 0 Å². The molecule has 6 heteroatoms. The van der Waals surface area contributed by atoms with Crippen LogP contribution in [0.2, 0.25) is 0 Å². The Hall–Kier alpha value is -3.15. The fourth-order valence-corrected chi connectivity index (χ4v) is 2.08. The maximum atomic E-state index is 12.7. The van der Waals surface area contributed by atoms with Gasteiger partial charge in [0.2, 0.25) is 0 Å². The van der Waals surface area contributed by atoms with Gasteiger partial charge in [-0.2, -0.15) is 0 Å². The highest BCUT2D eigenvalue weighted by atomic mass is 16.5. The number of carbonyl (C=O) groups is 3. The van der Waals surface area contributed by atoms with Crippen LogP contribution in [0.25, 0.3) is 0 Å². The number of hydrogen-bond acceptors (Lipinski definition) is 4. The van der Waals surface area contributed by atoms with Gasteiger partial charge in [0.15, 0.2) is 6.10 Å². The summed E-state index contributed by atoms with van der Waals surface area (Å²) in [6.45, 7) is 1.38. The number of anilines is 1. The van der Waals surface area contributed by atoms with E-state index in [1.807, 2.05) is 18.2 Å². The number of rotatable bonds is 5. The second kappa shape index (κ2) is 7.41. The zero-order valence-electron chi connectivity index (χ0n) is 13.4. The van der Waals surface area contributed by atoms with E-state index >= 15 is 0 Å². The Balaban J connectivity index is 2.30. The molecule has 0 aliphatic rings. The highest BCUT2D eigenvalue weighted by Gasteiger charge is 2.23. The smallest absolute Gasteiger partial charge is 0.339 e.